The number of nitrogens with zero attached hydrogens (tertiary/aromatic N) is 5. The Bertz CT molecular complexity index is 925. The second kappa shape index (κ2) is 9.57. The number of likely N-dealkylation sites (tertiary alicyclic amines) is 1. The summed E-state index contributed by atoms with van der Waals surface area (Å²) in [5.41, 5.74) is 0. The van der Waals surface area contributed by atoms with Crippen molar-refractivity contribution in [3.8, 4) is 10.7 Å². The smallest absolute Gasteiger partial charge is 0.340 e. The minimum absolute atomic E-state index is 0.146. The average Bonchev–Trinajstić information content (AvgIpc) is 3.49. The van der Waals surface area contributed by atoms with Crippen LogP contribution in [0.3, 0.4) is 0 Å². The van der Waals surface area contributed by atoms with E-state index >= 15 is 0 Å². The van der Waals surface area contributed by atoms with Crippen molar-refractivity contribution in [3.05, 3.63) is 23.4 Å². The van der Waals surface area contributed by atoms with Crippen LogP contribution in [0.1, 0.15) is 18.7 Å². The van der Waals surface area contributed by atoms with Gasteiger partial charge in [-0.3, -0.25) is 14.5 Å². The minimum Gasteiger partial charge on any atom is -0.340 e. The lowest BCUT2D eigenvalue weighted by atomic mass is 10.1. The number of aryl methyl sites for hydroxylation is 1. The summed E-state index contributed by atoms with van der Waals surface area (Å²) in [6, 6.07) is 3.87. The number of piperazine rings is 1. The fraction of sp³-hybridized carbons (Fsp3) is 0.600. The van der Waals surface area contributed by atoms with Gasteiger partial charge in [-0.05, 0) is 24.4 Å². The van der Waals surface area contributed by atoms with Crippen molar-refractivity contribution in [3.63, 3.8) is 0 Å². The van der Waals surface area contributed by atoms with Gasteiger partial charge in [0.25, 0.3) is 0 Å². The van der Waals surface area contributed by atoms with E-state index in [0.29, 0.717) is 44.3 Å². The lowest BCUT2D eigenvalue weighted by molar-refractivity contribution is -0.157. The largest absolute Gasteiger partial charge is 0.406 e. The van der Waals surface area contributed by atoms with E-state index in [9.17, 15) is 22.8 Å². The monoisotopic (exact) mass is 471 g/mol. The average molecular weight is 472 g/mol. The number of aromatic nitrogens is 2. The summed E-state index contributed by atoms with van der Waals surface area (Å²) < 4.78 is 43.0. The van der Waals surface area contributed by atoms with Gasteiger partial charge in [0.05, 0.1) is 10.8 Å². The first-order valence-corrected chi connectivity index (χ1v) is 11.4. The third-order valence-corrected chi connectivity index (χ3v) is 6.56. The number of hydrogen-bond acceptors (Lipinski definition) is 7. The highest BCUT2D eigenvalue weighted by Gasteiger charge is 2.42. The van der Waals surface area contributed by atoms with Crippen LogP contribution >= 0.6 is 11.3 Å². The highest BCUT2D eigenvalue weighted by molar-refractivity contribution is 7.13. The fourth-order valence-corrected chi connectivity index (χ4v) is 4.72. The van der Waals surface area contributed by atoms with Crippen LogP contribution in [0, 0.1) is 5.92 Å². The molecule has 1 unspecified atom stereocenters. The molecule has 4 rings (SSSR count). The number of alkyl halides is 3. The molecule has 0 saturated carbocycles. The molecule has 2 saturated heterocycles. The van der Waals surface area contributed by atoms with Crippen LogP contribution in [0.2, 0.25) is 0 Å². The van der Waals surface area contributed by atoms with Crippen LogP contribution in [-0.4, -0.2) is 88.6 Å². The number of halogens is 3. The maximum absolute atomic E-state index is 12.7. The maximum atomic E-state index is 12.7. The Morgan fingerprint density at radius 3 is 2.72 bits per heavy atom. The Kier molecular flexibility index (Phi) is 6.79. The zero-order valence-electron chi connectivity index (χ0n) is 17.4. The van der Waals surface area contributed by atoms with Crippen LogP contribution in [0.15, 0.2) is 22.0 Å². The minimum atomic E-state index is -4.45. The van der Waals surface area contributed by atoms with Crippen LogP contribution in [0.4, 0.5) is 13.2 Å². The molecule has 0 aromatic carbocycles. The first-order chi connectivity index (χ1) is 15.3. The quantitative estimate of drug-likeness (QED) is 0.616. The highest BCUT2D eigenvalue weighted by Crippen LogP contribution is 2.25. The Morgan fingerprint density at radius 2 is 2.03 bits per heavy atom. The van der Waals surface area contributed by atoms with Crippen molar-refractivity contribution in [2.45, 2.75) is 25.4 Å². The molecule has 2 fully saturated rings. The first-order valence-electron chi connectivity index (χ1n) is 10.5. The molecule has 2 aliphatic rings. The predicted octanol–water partition coefficient (Wildman–Crippen LogP) is 2.29. The molecule has 174 valence electrons. The van der Waals surface area contributed by atoms with Gasteiger partial charge in [0.1, 0.15) is 6.54 Å². The standard InChI is InChI=1S/C20H24F3N5O3S/c21-20(22,23)13-28-12-14(11-17(28)29)19(30)27-8-6-26(7-9-27)5-1-4-16-24-18(25-31-16)15-3-2-10-32-15/h2-3,10,14H,1,4-9,11-13H2. The number of rotatable bonds is 7. The lowest BCUT2D eigenvalue weighted by Gasteiger charge is -2.35. The Balaban J connectivity index is 1.18. The number of thiophene rings is 1. The van der Waals surface area contributed by atoms with Crippen molar-refractivity contribution in [1.82, 2.24) is 24.8 Å². The topological polar surface area (TPSA) is 82.8 Å². The Hall–Kier alpha value is -2.47. The van der Waals surface area contributed by atoms with E-state index in [-0.39, 0.29) is 18.9 Å². The van der Waals surface area contributed by atoms with Crippen molar-refractivity contribution in [2.24, 2.45) is 5.92 Å². The first kappa shape index (κ1) is 22.7. The molecule has 2 aliphatic heterocycles. The molecule has 8 nitrogen and oxygen atoms in total. The third-order valence-electron chi connectivity index (χ3n) is 5.69. The normalized spacial score (nSPS) is 20.3. The van der Waals surface area contributed by atoms with E-state index in [1.807, 2.05) is 17.5 Å². The summed E-state index contributed by atoms with van der Waals surface area (Å²) in [6.45, 7) is 1.75. The van der Waals surface area contributed by atoms with Crippen molar-refractivity contribution in [1.29, 1.82) is 0 Å². The highest BCUT2D eigenvalue weighted by atomic mass is 32.1. The summed E-state index contributed by atoms with van der Waals surface area (Å²) in [5.74, 6) is -0.332. The second-order valence-electron chi connectivity index (χ2n) is 8.05. The zero-order chi connectivity index (χ0) is 22.7. The SMILES string of the molecule is O=C1CC(C(=O)N2CCN(CCCc3nc(-c4cccs4)no3)CC2)CN1CC(F)(F)F. The molecule has 0 aliphatic carbocycles. The summed E-state index contributed by atoms with van der Waals surface area (Å²) in [5, 5.41) is 5.96. The van der Waals surface area contributed by atoms with Gasteiger partial charge in [-0.2, -0.15) is 18.2 Å². The molecule has 0 radical (unpaired) electrons. The molecule has 1 atom stereocenters. The lowest BCUT2D eigenvalue weighted by Crippen LogP contribution is -2.50. The predicted molar refractivity (Wildman–Crippen MR) is 110 cm³/mol. The summed E-state index contributed by atoms with van der Waals surface area (Å²) in [7, 11) is 0. The van der Waals surface area contributed by atoms with Gasteiger partial charge in [-0.25, -0.2) is 0 Å². The van der Waals surface area contributed by atoms with E-state index in [0.717, 1.165) is 22.7 Å². The summed E-state index contributed by atoms with van der Waals surface area (Å²) in [6.07, 6.45) is -3.10. The summed E-state index contributed by atoms with van der Waals surface area (Å²) in [4.78, 5) is 34.5. The van der Waals surface area contributed by atoms with Gasteiger partial charge in [0.2, 0.25) is 23.5 Å². The molecule has 2 aromatic rings. The molecule has 0 spiro atoms. The van der Waals surface area contributed by atoms with E-state index in [1.165, 1.54) is 0 Å². The van der Waals surface area contributed by atoms with E-state index in [1.54, 1.807) is 16.2 Å². The number of carbonyl (C=O) groups excluding carboxylic acids is 2. The Morgan fingerprint density at radius 1 is 1.25 bits per heavy atom. The van der Waals surface area contributed by atoms with Crippen molar-refractivity contribution < 1.29 is 27.3 Å². The van der Waals surface area contributed by atoms with E-state index in [4.69, 9.17) is 4.52 Å². The van der Waals surface area contributed by atoms with Gasteiger partial charge in [-0.1, -0.05) is 11.2 Å². The third kappa shape index (κ3) is 5.66. The maximum Gasteiger partial charge on any atom is 0.406 e. The molecule has 0 N–H and O–H groups in total. The van der Waals surface area contributed by atoms with Gasteiger partial charge < -0.3 is 14.3 Å². The molecule has 0 bridgehead atoms. The van der Waals surface area contributed by atoms with Crippen LogP contribution in [-0.2, 0) is 16.0 Å². The molecule has 4 heterocycles. The van der Waals surface area contributed by atoms with Gasteiger partial charge in [0.15, 0.2) is 0 Å². The van der Waals surface area contributed by atoms with Crippen LogP contribution in [0.25, 0.3) is 10.7 Å². The van der Waals surface area contributed by atoms with Crippen LogP contribution in [0.5, 0.6) is 0 Å². The second-order valence-corrected chi connectivity index (χ2v) is 9.00. The number of hydrogen-bond donors (Lipinski definition) is 0. The fourth-order valence-electron chi connectivity index (χ4n) is 4.07. The van der Waals surface area contributed by atoms with Gasteiger partial charge in [-0.15, -0.1) is 11.3 Å². The summed E-state index contributed by atoms with van der Waals surface area (Å²) >= 11 is 1.55. The number of amides is 2. The van der Waals surface area contributed by atoms with E-state index in [2.05, 4.69) is 15.0 Å². The molecule has 2 amide bonds. The Labute approximate surface area is 187 Å². The molecule has 2 aromatic heterocycles. The molecular weight excluding hydrogens is 447 g/mol. The molecular formula is C20H24F3N5O3S. The van der Waals surface area contributed by atoms with Gasteiger partial charge in [0, 0.05) is 45.6 Å². The van der Waals surface area contributed by atoms with Crippen LogP contribution < -0.4 is 0 Å². The number of carbonyl (C=O) groups is 2. The zero-order valence-corrected chi connectivity index (χ0v) is 18.2. The van der Waals surface area contributed by atoms with E-state index < -0.39 is 24.5 Å². The van der Waals surface area contributed by atoms with Gasteiger partial charge >= 0.3 is 6.18 Å². The van der Waals surface area contributed by atoms with Crippen molar-refractivity contribution >= 4 is 23.2 Å². The van der Waals surface area contributed by atoms with Crippen molar-refractivity contribution in [2.75, 3.05) is 45.8 Å². The molecule has 32 heavy (non-hydrogen) atoms. The molecule has 12 heteroatoms.